The summed E-state index contributed by atoms with van der Waals surface area (Å²) in [5, 5.41) is 5.70. The number of urea groups is 1. The number of carbonyl (C=O) groups excluding carboxylic acids is 1. The zero-order valence-corrected chi connectivity index (χ0v) is 11.2. The van der Waals surface area contributed by atoms with Gasteiger partial charge in [0.15, 0.2) is 0 Å². The number of hydrogen-bond acceptors (Lipinski definition) is 2. The Bertz CT molecular complexity index is 450. The van der Waals surface area contributed by atoms with Crippen LogP contribution in [0.2, 0.25) is 0 Å². The number of anilines is 1. The van der Waals surface area contributed by atoms with Crippen molar-refractivity contribution in [3.63, 3.8) is 0 Å². The van der Waals surface area contributed by atoms with E-state index in [1.165, 1.54) is 0 Å². The molecule has 1 heterocycles. The quantitative estimate of drug-likeness (QED) is 0.845. The van der Waals surface area contributed by atoms with Gasteiger partial charge in [0.05, 0.1) is 6.61 Å². The van der Waals surface area contributed by atoms with Gasteiger partial charge >= 0.3 is 6.03 Å². The first kappa shape index (κ1) is 12.7. The molecule has 2 N–H and O–H groups in total. The van der Waals surface area contributed by atoms with Crippen LogP contribution in [0.1, 0.15) is 26.3 Å². The van der Waals surface area contributed by atoms with Crippen LogP contribution in [0.15, 0.2) is 18.2 Å². The number of amides is 2. The van der Waals surface area contributed by atoms with Crippen LogP contribution >= 0.6 is 0 Å². The van der Waals surface area contributed by atoms with E-state index in [0.29, 0.717) is 6.54 Å². The van der Waals surface area contributed by atoms with Gasteiger partial charge in [-0.15, -0.1) is 0 Å². The fourth-order valence-electron chi connectivity index (χ4n) is 1.79. The second kappa shape index (κ2) is 4.88. The highest BCUT2D eigenvalue weighted by atomic mass is 16.5. The number of ether oxygens (including phenoxy) is 1. The molecule has 0 aromatic heterocycles. The highest BCUT2D eigenvalue weighted by Gasteiger charge is 2.14. The van der Waals surface area contributed by atoms with E-state index in [1.54, 1.807) is 0 Å². The van der Waals surface area contributed by atoms with Crippen molar-refractivity contribution in [1.29, 1.82) is 0 Å². The third-order valence-corrected chi connectivity index (χ3v) is 2.73. The van der Waals surface area contributed by atoms with Crippen molar-refractivity contribution >= 4 is 11.7 Å². The minimum absolute atomic E-state index is 0.0864. The summed E-state index contributed by atoms with van der Waals surface area (Å²) in [5.74, 6) is 0.927. The molecule has 0 saturated carbocycles. The van der Waals surface area contributed by atoms with Crippen LogP contribution in [0, 0.1) is 5.41 Å². The second-order valence-electron chi connectivity index (χ2n) is 5.79. The van der Waals surface area contributed by atoms with Gasteiger partial charge in [-0.2, -0.15) is 0 Å². The summed E-state index contributed by atoms with van der Waals surface area (Å²) in [6.45, 7) is 7.63. The molecule has 0 unspecified atom stereocenters. The van der Waals surface area contributed by atoms with Gasteiger partial charge < -0.3 is 15.4 Å². The third kappa shape index (κ3) is 3.39. The first-order valence-electron chi connectivity index (χ1n) is 6.25. The zero-order chi connectivity index (χ0) is 13.2. The Morgan fingerprint density at radius 2 is 2.17 bits per heavy atom. The maximum Gasteiger partial charge on any atom is 0.319 e. The molecule has 18 heavy (non-hydrogen) atoms. The average molecular weight is 248 g/mol. The lowest BCUT2D eigenvalue weighted by Crippen LogP contribution is -2.35. The summed E-state index contributed by atoms with van der Waals surface area (Å²) in [5.41, 5.74) is 2.05. The number of hydrogen-bond donors (Lipinski definition) is 2. The molecule has 0 saturated heterocycles. The monoisotopic (exact) mass is 248 g/mol. The number of nitrogens with one attached hydrogen (secondary N) is 2. The van der Waals surface area contributed by atoms with Gasteiger partial charge in [0.25, 0.3) is 0 Å². The van der Waals surface area contributed by atoms with Gasteiger partial charge in [-0.1, -0.05) is 20.8 Å². The predicted octanol–water partition coefficient (Wildman–Crippen LogP) is 2.79. The number of fused-ring (bicyclic) bond motifs is 1. The van der Waals surface area contributed by atoms with E-state index in [2.05, 4.69) is 31.4 Å². The Labute approximate surface area is 108 Å². The summed E-state index contributed by atoms with van der Waals surface area (Å²) in [4.78, 5) is 11.7. The molecule has 4 heteroatoms. The Morgan fingerprint density at radius 1 is 1.39 bits per heavy atom. The van der Waals surface area contributed by atoms with Crippen molar-refractivity contribution in [2.45, 2.75) is 27.2 Å². The largest absolute Gasteiger partial charge is 0.493 e. The smallest absolute Gasteiger partial charge is 0.319 e. The van der Waals surface area contributed by atoms with Gasteiger partial charge in [0.2, 0.25) is 0 Å². The molecular weight excluding hydrogens is 228 g/mol. The molecule has 1 aliphatic heterocycles. The topological polar surface area (TPSA) is 50.4 Å². The molecule has 0 aliphatic carbocycles. The van der Waals surface area contributed by atoms with Gasteiger partial charge in [-0.25, -0.2) is 4.79 Å². The Morgan fingerprint density at radius 3 is 2.89 bits per heavy atom. The third-order valence-electron chi connectivity index (χ3n) is 2.73. The fourth-order valence-corrected chi connectivity index (χ4v) is 1.79. The maximum atomic E-state index is 11.7. The SMILES string of the molecule is CC(C)(C)CNC(=O)Nc1ccc2c(c1)CCO2. The molecular formula is C14H20N2O2. The molecule has 0 radical (unpaired) electrons. The molecule has 0 spiro atoms. The maximum absolute atomic E-state index is 11.7. The fraction of sp³-hybridized carbons (Fsp3) is 0.500. The van der Waals surface area contributed by atoms with Crippen molar-refractivity contribution in [2.75, 3.05) is 18.5 Å². The highest BCUT2D eigenvalue weighted by molar-refractivity contribution is 5.89. The van der Waals surface area contributed by atoms with E-state index < -0.39 is 0 Å². The predicted molar refractivity (Wildman–Crippen MR) is 72.1 cm³/mol. The van der Waals surface area contributed by atoms with Crippen molar-refractivity contribution in [3.05, 3.63) is 23.8 Å². The summed E-state index contributed by atoms with van der Waals surface area (Å²) in [7, 11) is 0. The molecule has 98 valence electrons. The lowest BCUT2D eigenvalue weighted by Gasteiger charge is -2.19. The number of benzene rings is 1. The van der Waals surface area contributed by atoms with E-state index in [1.807, 2.05) is 18.2 Å². The second-order valence-corrected chi connectivity index (χ2v) is 5.79. The zero-order valence-electron chi connectivity index (χ0n) is 11.2. The van der Waals surface area contributed by atoms with Crippen LogP contribution < -0.4 is 15.4 Å². The van der Waals surface area contributed by atoms with Gasteiger partial charge in [0.1, 0.15) is 5.75 Å². The summed E-state index contributed by atoms with van der Waals surface area (Å²) < 4.78 is 5.42. The van der Waals surface area contributed by atoms with Crippen LogP contribution in [-0.4, -0.2) is 19.2 Å². The van der Waals surface area contributed by atoms with Gasteiger partial charge in [-0.3, -0.25) is 0 Å². The average Bonchev–Trinajstić information content (AvgIpc) is 2.72. The molecule has 1 aliphatic rings. The van der Waals surface area contributed by atoms with Crippen LogP contribution in [0.4, 0.5) is 10.5 Å². The Balaban J connectivity index is 1.91. The highest BCUT2D eigenvalue weighted by Crippen LogP contribution is 2.27. The number of carbonyl (C=O) groups is 1. The van der Waals surface area contributed by atoms with Crippen molar-refractivity contribution in [2.24, 2.45) is 5.41 Å². The molecule has 2 amide bonds. The molecule has 1 aromatic carbocycles. The van der Waals surface area contributed by atoms with Crippen molar-refractivity contribution in [3.8, 4) is 5.75 Å². The number of rotatable bonds is 2. The molecule has 0 bridgehead atoms. The molecule has 0 atom stereocenters. The Hall–Kier alpha value is -1.71. The lowest BCUT2D eigenvalue weighted by atomic mass is 9.97. The van der Waals surface area contributed by atoms with E-state index >= 15 is 0 Å². The molecule has 4 nitrogen and oxygen atoms in total. The summed E-state index contributed by atoms with van der Waals surface area (Å²) >= 11 is 0. The standard InChI is InChI=1S/C14H20N2O2/c1-14(2,3)9-15-13(17)16-11-4-5-12-10(8-11)6-7-18-12/h4-5,8H,6-7,9H2,1-3H3,(H2,15,16,17). The van der Waals surface area contributed by atoms with Crippen LogP contribution in [0.3, 0.4) is 0 Å². The van der Waals surface area contributed by atoms with E-state index in [4.69, 9.17) is 4.74 Å². The van der Waals surface area contributed by atoms with E-state index in [0.717, 1.165) is 30.0 Å². The van der Waals surface area contributed by atoms with Gasteiger partial charge in [-0.05, 0) is 29.2 Å². The first-order chi connectivity index (χ1) is 8.44. The first-order valence-corrected chi connectivity index (χ1v) is 6.25. The van der Waals surface area contributed by atoms with Crippen LogP contribution in [0.5, 0.6) is 5.75 Å². The van der Waals surface area contributed by atoms with Crippen molar-refractivity contribution in [1.82, 2.24) is 5.32 Å². The van der Waals surface area contributed by atoms with Crippen LogP contribution in [0.25, 0.3) is 0 Å². The van der Waals surface area contributed by atoms with Crippen molar-refractivity contribution < 1.29 is 9.53 Å². The van der Waals surface area contributed by atoms with E-state index in [9.17, 15) is 4.79 Å². The minimum atomic E-state index is -0.163. The van der Waals surface area contributed by atoms with E-state index in [-0.39, 0.29) is 11.4 Å². The minimum Gasteiger partial charge on any atom is -0.493 e. The molecule has 1 aromatic rings. The van der Waals surface area contributed by atoms with Crippen LogP contribution in [-0.2, 0) is 6.42 Å². The summed E-state index contributed by atoms with van der Waals surface area (Å²) in [6.07, 6.45) is 0.911. The molecule has 2 rings (SSSR count). The Kier molecular flexibility index (Phi) is 3.45. The van der Waals surface area contributed by atoms with Gasteiger partial charge in [0, 0.05) is 18.7 Å². The summed E-state index contributed by atoms with van der Waals surface area (Å²) in [6, 6.07) is 5.57. The lowest BCUT2D eigenvalue weighted by molar-refractivity contribution is 0.247. The molecule has 0 fully saturated rings. The normalized spacial score (nSPS) is 13.7.